The fourth-order valence-corrected chi connectivity index (χ4v) is 0.756. The van der Waals surface area contributed by atoms with Gasteiger partial charge in [0.25, 0.3) is 0 Å². The minimum atomic E-state index is -0.179. The van der Waals surface area contributed by atoms with Crippen molar-refractivity contribution in [3.05, 3.63) is 0 Å². The molecule has 0 saturated heterocycles. The van der Waals surface area contributed by atoms with Gasteiger partial charge in [-0.2, -0.15) is 0 Å². The van der Waals surface area contributed by atoms with Crippen molar-refractivity contribution < 1.29 is 5.11 Å². The predicted octanol–water partition coefficient (Wildman–Crippen LogP) is 1.39. The van der Waals surface area contributed by atoms with Crippen LogP contribution in [-0.4, -0.2) is 23.8 Å². The first-order valence-corrected chi connectivity index (χ1v) is 4.45. The first kappa shape index (κ1) is 10.9. The van der Waals surface area contributed by atoms with Crippen molar-refractivity contribution in [2.75, 3.05) is 6.54 Å². The smallest absolute Gasteiger partial charge is 0.0524 e. The molecule has 0 unspecified atom stereocenters. The Balaban J connectivity index is 3.24. The van der Waals surface area contributed by atoms with Gasteiger partial charge in [-0.15, -0.1) is 0 Å². The predicted molar refractivity (Wildman–Crippen MR) is 48.6 cm³/mol. The van der Waals surface area contributed by atoms with E-state index < -0.39 is 0 Å². The summed E-state index contributed by atoms with van der Waals surface area (Å²) in [4.78, 5) is 0. The average Bonchev–Trinajstić information content (AvgIpc) is 1.86. The Morgan fingerprint density at radius 1 is 1.18 bits per heavy atom. The number of hydrogen-bond donors (Lipinski definition) is 2. The van der Waals surface area contributed by atoms with Crippen LogP contribution in [0.4, 0.5) is 0 Å². The molecule has 0 aromatic rings. The van der Waals surface area contributed by atoms with Crippen LogP contribution in [-0.2, 0) is 0 Å². The van der Waals surface area contributed by atoms with Crippen molar-refractivity contribution in [1.82, 2.24) is 5.32 Å². The summed E-state index contributed by atoms with van der Waals surface area (Å²) in [6.45, 7) is 9.30. The highest BCUT2D eigenvalue weighted by atomic mass is 16.3. The van der Waals surface area contributed by atoms with Gasteiger partial charge in [0, 0.05) is 6.04 Å². The first-order chi connectivity index (χ1) is 5.04. The number of aliphatic hydroxyl groups is 1. The summed E-state index contributed by atoms with van der Waals surface area (Å²) in [5, 5.41) is 12.3. The van der Waals surface area contributed by atoms with Crippen molar-refractivity contribution in [2.24, 2.45) is 5.92 Å². The third kappa shape index (κ3) is 6.32. The van der Waals surface area contributed by atoms with Crippen LogP contribution >= 0.6 is 0 Å². The van der Waals surface area contributed by atoms with Crippen LogP contribution in [0.15, 0.2) is 0 Å². The van der Waals surface area contributed by atoms with E-state index in [-0.39, 0.29) is 6.10 Å². The summed E-state index contributed by atoms with van der Waals surface area (Å²) in [7, 11) is 0. The van der Waals surface area contributed by atoms with Crippen LogP contribution in [0.5, 0.6) is 0 Å². The molecular weight excluding hydrogens is 138 g/mol. The maximum Gasteiger partial charge on any atom is 0.0524 e. The van der Waals surface area contributed by atoms with Crippen LogP contribution in [0, 0.1) is 5.92 Å². The van der Waals surface area contributed by atoms with Gasteiger partial charge in [-0.25, -0.2) is 0 Å². The minimum Gasteiger partial charge on any atom is -0.393 e. The largest absolute Gasteiger partial charge is 0.393 e. The maximum atomic E-state index is 8.96. The third-order valence-electron chi connectivity index (χ3n) is 2.03. The van der Waals surface area contributed by atoms with E-state index in [1.54, 1.807) is 0 Å². The third-order valence-corrected chi connectivity index (χ3v) is 2.03. The van der Waals surface area contributed by atoms with Crippen molar-refractivity contribution in [3.8, 4) is 0 Å². The van der Waals surface area contributed by atoms with E-state index in [9.17, 15) is 0 Å². The van der Waals surface area contributed by atoms with E-state index in [0.29, 0.717) is 12.0 Å². The molecule has 68 valence electrons. The van der Waals surface area contributed by atoms with E-state index in [1.807, 2.05) is 6.92 Å². The van der Waals surface area contributed by atoms with Gasteiger partial charge in [0.1, 0.15) is 0 Å². The first-order valence-electron chi connectivity index (χ1n) is 4.45. The number of rotatable bonds is 5. The lowest BCUT2D eigenvalue weighted by Gasteiger charge is -2.17. The topological polar surface area (TPSA) is 32.3 Å². The van der Waals surface area contributed by atoms with Gasteiger partial charge in [0.15, 0.2) is 0 Å². The summed E-state index contributed by atoms with van der Waals surface area (Å²) >= 11 is 0. The van der Waals surface area contributed by atoms with Crippen molar-refractivity contribution in [3.63, 3.8) is 0 Å². The standard InChI is InChI=1S/C9H21NO/c1-7(2)9(4)10-6-5-8(3)11/h7-11H,5-6H2,1-4H3/t8-,9+/m1/s1. The molecule has 0 bridgehead atoms. The molecule has 0 amide bonds. The van der Waals surface area contributed by atoms with Gasteiger partial charge in [0.2, 0.25) is 0 Å². The van der Waals surface area contributed by atoms with E-state index in [2.05, 4.69) is 26.1 Å². The highest BCUT2D eigenvalue weighted by Gasteiger charge is 2.05. The molecule has 0 aromatic heterocycles. The van der Waals surface area contributed by atoms with Crippen LogP contribution in [0.3, 0.4) is 0 Å². The second-order valence-electron chi connectivity index (χ2n) is 3.62. The van der Waals surface area contributed by atoms with E-state index >= 15 is 0 Å². The molecule has 0 aromatic carbocycles. The Morgan fingerprint density at radius 3 is 2.09 bits per heavy atom. The van der Waals surface area contributed by atoms with Gasteiger partial charge in [-0.3, -0.25) is 0 Å². The average molecular weight is 159 g/mol. The number of hydrogen-bond acceptors (Lipinski definition) is 2. The number of aliphatic hydroxyl groups excluding tert-OH is 1. The fraction of sp³-hybridized carbons (Fsp3) is 1.00. The molecule has 0 heterocycles. The van der Waals surface area contributed by atoms with Gasteiger partial charge in [0.05, 0.1) is 6.10 Å². The maximum absolute atomic E-state index is 8.96. The Morgan fingerprint density at radius 2 is 1.73 bits per heavy atom. The summed E-state index contributed by atoms with van der Waals surface area (Å²) < 4.78 is 0. The molecular formula is C9H21NO. The highest BCUT2D eigenvalue weighted by Crippen LogP contribution is 1.99. The van der Waals surface area contributed by atoms with Crippen molar-refractivity contribution in [1.29, 1.82) is 0 Å². The molecule has 0 fully saturated rings. The lowest BCUT2D eigenvalue weighted by molar-refractivity contribution is 0.181. The Bertz CT molecular complexity index is 91.6. The zero-order valence-corrected chi connectivity index (χ0v) is 8.09. The second kappa shape index (κ2) is 5.56. The summed E-state index contributed by atoms with van der Waals surface area (Å²) in [6, 6.07) is 0.550. The van der Waals surface area contributed by atoms with Gasteiger partial charge >= 0.3 is 0 Å². The van der Waals surface area contributed by atoms with E-state index in [4.69, 9.17) is 5.11 Å². The minimum absolute atomic E-state index is 0.179. The molecule has 2 heteroatoms. The molecule has 0 rings (SSSR count). The SMILES string of the molecule is CC(C)[C@H](C)NCC[C@@H](C)O. The molecule has 2 nitrogen and oxygen atoms in total. The highest BCUT2D eigenvalue weighted by molar-refractivity contribution is 4.64. The Labute approximate surface area is 70.0 Å². The Hall–Kier alpha value is -0.0800. The normalized spacial score (nSPS) is 16.9. The zero-order chi connectivity index (χ0) is 8.85. The molecule has 0 aliphatic carbocycles. The van der Waals surface area contributed by atoms with E-state index in [0.717, 1.165) is 13.0 Å². The van der Waals surface area contributed by atoms with Crippen LogP contribution in [0.1, 0.15) is 34.1 Å². The lowest BCUT2D eigenvalue weighted by atomic mass is 10.1. The monoisotopic (exact) mass is 159 g/mol. The Kier molecular flexibility index (Phi) is 5.51. The molecule has 11 heavy (non-hydrogen) atoms. The lowest BCUT2D eigenvalue weighted by Crippen LogP contribution is -2.32. The second-order valence-corrected chi connectivity index (χ2v) is 3.62. The molecule has 0 saturated carbocycles. The summed E-state index contributed by atoms with van der Waals surface area (Å²) in [5.41, 5.74) is 0. The van der Waals surface area contributed by atoms with Gasteiger partial charge in [-0.1, -0.05) is 13.8 Å². The van der Waals surface area contributed by atoms with Gasteiger partial charge in [-0.05, 0) is 32.7 Å². The number of nitrogens with one attached hydrogen (secondary N) is 1. The zero-order valence-electron chi connectivity index (χ0n) is 8.09. The molecule has 2 N–H and O–H groups in total. The van der Waals surface area contributed by atoms with Crippen LogP contribution in [0.25, 0.3) is 0 Å². The summed E-state index contributed by atoms with van der Waals surface area (Å²) in [6.07, 6.45) is 0.665. The molecule has 0 spiro atoms. The van der Waals surface area contributed by atoms with Crippen molar-refractivity contribution in [2.45, 2.75) is 46.3 Å². The fourth-order valence-electron chi connectivity index (χ4n) is 0.756. The molecule has 0 aliphatic heterocycles. The quantitative estimate of drug-likeness (QED) is 0.635. The molecule has 0 radical (unpaired) electrons. The molecule has 0 aliphatic rings. The van der Waals surface area contributed by atoms with E-state index in [1.165, 1.54) is 0 Å². The van der Waals surface area contributed by atoms with Crippen molar-refractivity contribution >= 4 is 0 Å². The molecule has 2 atom stereocenters. The van der Waals surface area contributed by atoms with Gasteiger partial charge < -0.3 is 10.4 Å². The van der Waals surface area contributed by atoms with Crippen LogP contribution < -0.4 is 5.32 Å². The van der Waals surface area contributed by atoms with Crippen LogP contribution in [0.2, 0.25) is 0 Å². The summed E-state index contributed by atoms with van der Waals surface area (Å²) in [5.74, 6) is 0.670.